The molecule has 7 nitrogen and oxygen atoms in total. The first-order valence-corrected chi connectivity index (χ1v) is 8.77. The molecule has 0 aromatic heterocycles. The Bertz CT molecular complexity index is 307. The van der Waals surface area contributed by atoms with Gasteiger partial charge >= 0.3 is 11.9 Å². The molecule has 0 amide bonds. The maximum Gasteiger partial charge on any atom is 0.305 e. The highest BCUT2D eigenvalue weighted by Gasteiger charge is 2.02. The van der Waals surface area contributed by atoms with E-state index < -0.39 is 5.97 Å². The summed E-state index contributed by atoms with van der Waals surface area (Å²) in [5, 5.41) is 8.41. The van der Waals surface area contributed by atoms with E-state index in [1.165, 1.54) is 19.3 Å². The van der Waals surface area contributed by atoms with Gasteiger partial charge in [0.2, 0.25) is 0 Å². The SMILES string of the molecule is CCCCCCCC(=O)OCCOCCOCCOCCC(=O)O. The van der Waals surface area contributed by atoms with Crippen LogP contribution in [0.1, 0.15) is 51.9 Å². The molecule has 0 saturated heterocycles. The summed E-state index contributed by atoms with van der Waals surface area (Å²) in [5.74, 6) is -1.04. The van der Waals surface area contributed by atoms with Crippen molar-refractivity contribution < 1.29 is 33.6 Å². The topological polar surface area (TPSA) is 91.3 Å². The molecule has 0 atom stereocenters. The summed E-state index contributed by atoms with van der Waals surface area (Å²) in [7, 11) is 0. The lowest BCUT2D eigenvalue weighted by Gasteiger charge is -2.07. The average molecular weight is 348 g/mol. The predicted molar refractivity (Wildman–Crippen MR) is 89.0 cm³/mol. The monoisotopic (exact) mass is 348 g/mol. The third-order valence-corrected chi connectivity index (χ3v) is 3.18. The second kappa shape index (κ2) is 18.2. The smallest absolute Gasteiger partial charge is 0.305 e. The number of carbonyl (C=O) groups is 2. The normalized spacial score (nSPS) is 10.7. The van der Waals surface area contributed by atoms with Crippen molar-refractivity contribution in [1.29, 1.82) is 0 Å². The number of esters is 1. The van der Waals surface area contributed by atoms with Gasteiger partial charge in [0.05, 0.1) is 46.1 Å². The standard InChI is InChI=1S/C17H32O7/c1-2-3-4-5-6-7-17(20)24-15-14-23-13-12-22-11-10-21-9-8-16(18)19/h2-15H2,1H3,(H,18,19). The molecule has 0 bridgehead atoms. The zero-order chi connectivity index (χ0) is 17.9. The molecule has 0 aliphatic heterocycles. The van der Waals surface area contributed by atoms with Crippen molar-refractivity contribution in [3.63, 3.8) is 0 Å². The first-order chi connectivity index (χ1) is 11.7. The van der Waals surface area contributed by atoms with Crippen LogP contribution < -0.4 is 0 Å². The molecular weight excluding hydrogens is 316 g/mol. The van der Waals surface area contributed by atoms with Crippen LogP contribution in [0.5, 0.6) is 0 Å². The van der Waals surface area contributed by atoms with Crippen molar-refractivity contribution in [2.75, 3.05) is 46.2 Å². The maximum absolute atomic E-state index is 11.4. The lowest BCUT2D eigenvalue weighted by molar-refractivity contribution is -0.145. The lowest BCUT2D eigenvalue weighted by atomic mass is 10.1. The zero-order valence-electron chi connectivity index (χ0n) is 14.8. The Hall–Kier alpha value is -1.18. The minimum Gasteiger partial charge on any atom is -0.481 e. The molecule has 0 rings (SSSR count). The van der Waals surface area contributed by atoms with Gasteiger partial charge in [-0.15, -0.1) is 0 Å². The first kappa shape index (κ1) is 22.8. The van der Waals surface area contributed by atoms with Gasteiger partial charge in [0.1, 0.15) is 6.61 Å². The predicted octanol–water partition coefficient (Wildman–Crippen LogP) is 2.41. The summed E-state index contributed by atoms with van der Waals surface area (Å²) in [6.07, 6.45) is 6.05. The molecule has 7 heteroatoms. The van der Waals surface area contributed by atoms with E-state index in [-0.39, 0.29) is 25.6 Å². The van der Waals surface area contributed by atoms with Crippen LogP contribution in [0.2, 0.25) is 0 Å². The molecule has 24 heavy (non-hydrogen) atoms. The minimum atomic E-state index is -0.874. The summed E-state index contributed by atoms with van der Waals surface area (Å²) >= 11 is 0. The summed E-state index contributed by atoms with van der Waals surface area (Å²) in [5.41, 5.74) is 0. The molecule has 0 heterocycles. The van der Waals surface area contributed by atoms with E-state index in [0.29, 0.717) is 39.5 Å². The van der Waals surface area contributed by atoms with E-state index >= 15 is 0 Å². The summed E-state index contributed by atoms with van der Waals surface area (Å²) in [4.78, 5) is 21.7. The van der Waals surface area contributed by atoms with Gasteiger partial charge in [0.15, 0.2) is 0 Å². The van der Waals surface area contributed by atoms with Crippen LogP contribution in [-0.2, 0) is 28.5 Å². The molecule has 0 radical (unpaired) electrons. The lowest BCUT2D eigenvalue weighted by Crippen LogP contribution is -2.14. The molecule has 0 fully saturated rings. The molecule has 0 spiro atoms. The van der Waals surface area contributed by atoms with Crippen LogP contribution in [0.3, 0.4) is 0 Å². The van der Waals surface area contributed by atoms with E-state index in [1.54, 1.807) is 0 Å². The summed E-state index contributed by atoms with van der Waals surface area (Å²) in [6, 6.07) is 0. The summed E-state index contributed by atoms with van der Waals surface area (Å²) in [6.45, 7) is 4.59. The minimum absolute atomic E-state index is 0.000567. The van der Waals surface area contributed by atoms with Crippen molar-refractivity contribution in [2.45, 2.75) is 51.9 Å². The van der Waals surface area contributed by atoms with Crippen LogP contribution in [0.25, 0.3) is 0 Å². The van der Waals surface area contributed by atoms with Crippen LogP contribution in [-0.4, -0.2) is 63.3 Å². The van der Waals surface area contributed by atoms with Gasteiger partial charge in [0.25, 0.3) is 0 Å². The van der Waals surface area contributed by atoms with E-state index in [9.17, 15) is 9.59 Å². The fraction of sp³-hybridized carbons (Fsp3) is 0.882. The van der Waals surface area contributed by atoms with Gasteiger partial charge in [-0.3, -0.25) is 9.59 Å². The number of aliphatic carboxylic acids is 1. The number of hydrogen-bond acceptors (Lipinski definition) is 6. The van der Waals surface area contributed by atoms with Crippen LogP contribution in [0.4, 0.5) is 0 Å². The van der Waals surface area contributed by atoms with Gasteiger partial charge in [-0.2, -0.15) is 0 Å². The molecule has 1 N–H and O–H groups in total. The van der Waals surface area contributed by atoms with Gasteiger partial charge in [0, 0.05) is 6.42 Å². The third kappa shape index (κ3) is 18.9. The molecule has 142 valence electrons. The number of rotatable bonds is 18. The summed E-state index contributed by atoms with van der Waals surface area (Å²) < 4.78 is 20.7. The quantitative estimate of drug-likeness (QED) is 0.300. The van der Waals surface area contributed by atoms with Crippen molar-refractivity contribution in [3.05, 3.63) is 0 Å². The van der Waals surface area contributed by atoms with Crippen LogP contribution in [0, 0.1) is 0 Å². The molecule has 0 unspecified atom stereocenters. The van der Waals surface area contributed by atoms with Gasteiger partial charge in [-0.05, 0) is 6.42 Å². The average Bonchev–Trinajstić information content (AvgIpc) is 2.55. The number of ether oxygens (including phenoxy) is 4. The molecular formula is C17H32O7. The Morgan fingerprint density at radius 2 is 1.25 bits per heavy atom. The number of carboxylic acid groups (broad SMARTS) is 1. The molecule has 0 aliphatic rings. The van der Waals surface area contributed by atoms with E-state index in [0.717, 1.165) is 12.8 Å². The molecule has 0 aromatic rings. The first-order valence-electron chi connectivity index (χ1n) is 8.77. The Labute approximate surface area is 144 Å². The van der Waals surface area contributed by atoms with Gasteiger partial charge in [-0.1, -0.05) is 32.6 Å². The fourth-order valence-electron chi connectivity index (χ4n) is 1.86. The number of hydrogen-bond donors (Lipinski definition) is 1. The molecule has 0 aliphatic carbocycles. The number of carbonyl (C=O) groups excluding carboxylic acids is 1. The van der Waals surface area contributed by atoms with Crippen molar-refractivity contribution in [1.82, 2.24) is 0 Å². The highest BCUT2D eigenvalue weighted by atomic mass is 16.6. The Kier molecular flexibility index (Phi) is 17.3. The highest BCUT2D eigenvalue weighted by molar-refractivity contribution is 5.69. The number of carboxylic acids is 1. The Morgan fingerprint density at radius 3 is 1.83 bits per heavy atom. The maximum atomic E-state index is 11.4. The van der Waals surface area contributed by atoms with Gasteiger partial charge < -0.3 is 24.1 Å². The Balaban J connectivity index is 3.13. The Morgan fingerprint density at radius 1 is 0.708 bits per heavy atom. The highest BCUT2D eigenvalue weighted by Crippen LogP contribution is 2.05. The largest absolute Gasteiger partial charge is 0.481 e. The molecule has 0 aromatic carbocycles. The van der Waals surface area contributed by atoms with E-state index in [4.69, 9.17) is 24.1 Å². The second-order valence-corrected chi connectivity index (χ2v) is 5.37. The van der Waals surface area contributed by atoms with Gasteiger partial charge in [-0.25, -0.2) is 0 Å². The third-order valence-electron chi connectivity index (χ3n) is 3.18. The van der Waals surface area contributed by atoms with Crippen LogP contribution in [0.15, 0.2) is 0 Å². The number of unbranched alkanes of at least 4 members (excludes halogenated alkanes) is 4. The molecule has 0 saturated carbocycles. The van der Waals surface area contributed by atoms with E-state index in [1.807, 2.05) is 0 Å². The van der Waals surface area contributed by atoms with Crippen molar-refractivity contribution in [2.24, 2.45) is 0 Å². The van der Waals surface area contributed by atoms with E-state index in [2.05, 4.69) is 6.92 Å². The second-order valence-electron chi connectivity index (χ2n) is 5.37. The van der Waals surface area contributed by atoms with Crippen molar-refractivity contribution in [3.8, 4) is 0 Å². The zero-order valence-corrected chi connectivity index (χ0v) is 14.8. The van der Waals surface area contributed by atoms with Crippen molar-refractivity contribution >= 4 is 11.9 Å². The van der Waals surface area contributed by atoms with Crippen LogP contribution >= 0.6 is 0 Å². The fourth-order valence-corrected chi connectivity index (χ4v) is 1.86.